The van der Waals surface area contributed by atoms with E-state index in [1.807, 2.05) is 12.1 Å². The second kappa shape index (κ2) is 4.98. The van der Waals surface area contributed by atoms with Gasteiger partial charge < -0.3 is 15.6 Å². The number of carboxylic acids is 1. The van der Waals surface area contributed by atoms with Crippen LogP contribution in [-0.4, -0.2) is 17.7 Å². The largest absolute Gasteiger partial charge is 0.493 e. The van der Waals surface area contributed by atoms with Crippen molar-refractivity contribution in [3.63, 3.8) is 0 Å². The van der Waals surface area contributed by atoms with Gasteiger partial charge in [0.2, 0.25) is 0 Å². The number of aromatic carboxylic acids is 1. The van der Waals surface area contributed by atoms with Gasteiger partial charge in [-0.2, -0.15) is 0 Å². The maximum absolute atomic E-state index is 10.8. The first-order valence-electron chi connectivity index (χ1n) is 6.49. The van der Waals surface area contributed by atoms with Crippen molar-refractivity contribution in [3.05, 3.63) is 64.7 Å². The van der Waals surface area contributed by atoms with Crippen LogP contribution >= 0.6 is 0 Å². The Labute approximate surface area is 116 Å². The van der Waals surface area contributed by atoms with Gasteiger partial charge >= 0.3 is 5.97 Å². The minimum Gasteiger partial charge on any atom is -0.493 e. The van der Waals surface area contributed by atoms with Crippen LogP contribution in [0.5, 0.6) is 5.75 Å². The predicted molar refractivity (Wildman–Crippen MR) is 75.1 cm³/mol. The minimum atomic E-state index is -0.931. The summed E-state index contributed by atoms with van der Waals surface area (Å²) < 4.78 is 5.47. The first kappa shape index (κ1) is 12.7. The molecule has 3 rings (SSSR count). The fourth-order valence-electron chi connectivity index (χ4n) is 2.43. The molecule has 4 heteroatoms. The Bertz CT molecular complexity index is 649. The van der Waals surface area contributed by atoms with E-state index in [4.69, 9.17) is 15.6 Å². The number of carbonyl (C=O) groups is 1. The molecule has 102 valence electrons. The lowest BCUT2D eigenvalue weighted by Crippen LogP contribution is -2.12. The third kappa shape index (κ3) is 2.26. The summed E-state index contributed by atoms with van der Waals surface area (Å²) >= 11 is 0. The Kier molecular flexibility index (Phi) is 3.16. The van der Waals surface area contributed by atoms with E-state index in [-0.39, 0.29) is 11.6 Å². The number of nitrogens with two attached hydrogens (primary N) is 1. The molecule has 2 aromatic rings. The van der Waals surface area contributed by atoms with Gasteiger partial charge in [0.15, 0.2) is 0 Å². The molecular formula is C16H15NO3. The standard InChI is InChI=1S/C16H15NO3/c17-15(10-1-3-11(4-2-10)16(18)19)13-5-6-14-12(9-13)7-8-20-14/h1-6,9,15H,7-8,17H2,(H,18,19). The Morgan fingerprint density at radius 2 is 1.85 bits per heavy atom. The highest BCUT2D eigenvalue weighted by molar-refractivity contribution is 5.87. The summed E-state index contributed by atoms with van der Waals surface area (Å²) in [4.78, 5) is 10.8. The molecule has 0 amide bonds. The second-order valence-electron chi connectivity index (χ2n) is 4.87. The van der Waals surface area contributed by atoms with E-state index in [1.54, 1.807) is 24.3 Å². The molecule has 0 saturated heterocycles. The summed E-state index contributed by atoms with van der Waals surface area (Å²) in [6.07, 6.45) is 0.911. The van der Waals surface area contributed by atoms with Crippen LogP contribution < -0.4 is 10.5 Å². The van der Waals surface area contributed by atoms with Gasteiger partial charge in [0.25, 0.3) is 0 Å². The molecule has 0 saturated carbocycles. The van der Waals surface area contributed by atoms with E-state index in [9.17, 15) is 4.79 Å². The normalized spacial score (nSPS) is 14.4. The molecule has 1 aliphatic rings. The Morgan fingerprint density at radius 3 is 2.55 bits per heavy atom. The summed E-state index contributed by atoms with van der Waals surface area (Å²) in [5, 5.41) is 8.89. The molecular weight excluding hydrogens is 254 g/mol. The van der Waals surface area contributed by atoms with Crippen LogP contribution in [-0.2, 0) is 6.42 Å². The second-order valence-corrected chi connectivity index (χ2v) is 4.87. The zero-order chi connectivity index (χ0) is 14.1. The molecule has 0 radical (unpaired) electrons. The van der Waals surface area contributed by atoms with Gasteiger partial charge in [0.05, 0.1) is 18.2 Å². The van der Waals surface area contributed by atoms with Crippen LogP contribution in [0.15, 0.2) is 42.5 Å². The number of ether oxygens (including phenoxy) is 1. The fraction of sp³-hybridized carbons (Fsp3) is 0.188. The Morgan fingerprint density at radius 1 is 1.15 bits per heavy atom. The van der Waals surface area contributed by atoms with Crippen LogP contribution in [0, 0.1) is 0 Å². The lowest BCUT2D eigenvalue weighted by Gasteiger charge is -2.14. The molecule has 4 nitrogen and oxygen atoms in total. The van der Waals surface area contributed by atoms with E-state index in [1.165, 1.54) is 5.56 Å². The van der Waals surface area contributed by atoms with Crippen molar-refractivity contribution < 1.29 is 14.6 Å². The van der Waals surface area contributed by atoms with Crippen molar-refractivity contribution in [2.75, 3.05) is 6.61 Å². The van der Waals surface area contributed by atoms with Gasteiger partial charge in [-0.05, 0) is 34.9 Å². The van der Waals surface area contributed by atoms with Gasteiger partial charge in [0, 0.05) is 6.42 Å². The van der Waals surface area contributed by atoms with Gasteiger partial charge in [-0.15, -0.1) is 0 Å². The van der Waals surface area contributed by atoms with Gasteiger partial charge in [-0.25, -0.2) is 4.79 Å². The first-order chi connectivity index (χ1) is 9.65. The monoisotopic (exact) mass is 269 g/mol. The zero-order valence-corrected chi connectivity index (χ0v) is 10.9. The van der Waals surface area contributed by atoms with Crippen molar-refractivity contribution in [2.24, 2.45) is 5.73 Å². The highest BCUT2D eigenvalue weighted by Gasteiger charge is 2.16. The summed E-state index contributed by atoms with van der Waals surface area (Å²) in [6, 6.07) is 12.4. The van der Waals surface area contributed by atoms with E-state index < -0.39 is 5.97 Å². The van der Waals surface area contributed by atoms with Crippen molar-refractivity contribution in [1.82, 2.24) is 0 Å². The van der Waals surface area contributed by atoms with E-state index in [0.29, 0.717) is 0 Å². The van der Waals surface area contributed by atoms with Gasteiger partial charge in [0.1, 0.15) is 5.75 Å². The average Bonchev–Trinajstić information content (AvgIpc) is 2.94. The molecule has 1 heterocycles. The highest BCUT2D eigenvalue weighted by atomic mass is 16.5. The molecule has 2 aromatic carbocycles. The van der Waals surface area contributed by atoms with E-state index in [0.717, 1.165) is 29.9 Å². The van der Waals surface area contributed by atoms with Gasteiger partial charge in [-0.1, -0.05) is 24.3 Å². The van der Waals surface area contributed by atoms with Crippen LogP contribution in [0.4, 0.5) is 0 Å². The molecule has 0 aromatic heterocycles. The van der Waals surface area contributed by atoms with Crippen molar-refractivity contribution in [3.8, 4) is 5.75 Å². The van der Waals surface area contributed by atoms with Crippen LogP contribution in [0.2, 0.25) is 0 Å². The number of benzene rings is 2. The first-order valence-corrected chi connectivity index (χ1v) is 6.49. The number of carboxylic acid groups (broad SMARTS) is 1. The average molecular weight is 269 g/mol. The number of hydrogen-bond donors (Lipinski definition) is 2. The molecule has 0 spiro atoms. The number of fused-ring (bicyclic) bond motifs is 1. The summed E-state index contributed by atoms with van der Waals surface area (Å²) in [5.41, 5.74) is 9.60. The molecule has 20 heavy (non-hydrogen) atoms. The summed E-state index contributed by atoms with van der Waals surface area (Å²) in [6.45, 7) is 0.724. The lowest BCUT2D eigenvalue weighted by atomic mass is 9.96. The number of rotatable bonds is 3. The maximum atomic E-state index is 10.8. The molecule has 1 aliphatic heterocycles. The SMILES string of the molecule is NC(c1ccc(C(=O)O)cc1)c1ccc2c(c1)CCO2. The van der Waals surface area contributed by atoms with Gasteiger partial charge in [-0.3, -0.25) is 0 Å². The van der Waals surface area contributed by atoms with Crippen LogP contribution in [0.1, 0.15) is 33.1 Å². The van der Waals surface area contributed by atoms with Crippen LogP contribution in [0.25, 0.3) is 0 Å². The van der Waals surface area contributed by atoms with Crippen molar-refractivity contribution in [2.45, 2.75) is 12.5 Å². The summed E-state index contributed by atoms with van der Waals surface area (Å²) in [7, 11) is 0. The molecule has 0 aliphatic carbocycles. The molecule has 3 N–H and O–H groups in total. The fourth-order valence-corrected chi connectivity index (χ4v) is 2.43. The quantitative estimate of drug-likeness (QED) is 0.897. The third-order valence-corrected chi connectivity index (χ3v) is 3.59. The lowest BCUT2D eigenvalue weighted by molar-refractivity contribution is 0.0697. The minimum absolute atomic E-state index is 0.260. The van der Waals surface area contributed by atoms with Crippen molar-refractivity contribution in [1.29, 1.82) is 0 Å². The van der Waals surface area contributed by atoms with E-state index in [2.05, 4.69) is 6.07 Å². The van der Waals surface area contributed by atoms with Crippen LogP contribution in [0.3, 0.4) is 0 Å². The number of hydrogen-bond acceptors (Lipinski definition) is 3. The van der Waals surface area contributed by atoms with Crippen molar-refractivity contribution >= 4 is 5.97 Å². The Hall–Kier alpha value is -2.33. The molecule has 1 atom stereocenters. The predicted octanol–water partition coefficient (Wildman–Crippen LogP) is 2.37. The molecule has 1 unspecified atom stereocenters. The highest BCUT2D eigenvalue weighted by Crippen LogP contribution is 2.29. The molecule has 0 bridgehead atoms. The molecule has 0 fully saturated rings. The summed E-state index contributed by atoms with van der Waals surface area (Å²) in [5.74, 6) is 0.00183. The zero-order valence-electron chi connectivity index (χ0n) is 10.9. The Balaban J connectivity index is 1.88. The van der Waals surface area contributed by atoms with E-state index >= 15 is 0 Å². The maximum Gasteiger partial charge on any atom is 0.335 e. The smallest absolute Gasteiger partial charge is 0.335 e. The third-order valence-electron chi connectivity index (χ3n) is 3.59. The topological polar surface area (TPSA) is 72.6 Å².